The maximum absolute atomic E-state index is 12.1. The molecule has 2 aliphatic heterocycles. The number of halogens is 3. The summed E-state index contributed by atoms with van der Waals surface area (Å²) >= 11 is 0. The number of methoxy groups -OCH3 is 1. The maximum Gasteiger partial charge on any atom is 0.490 e. The summed E-state index contributed by atoms with van der Waals surface area (Å²) in [6, 6.07) is 3.90. The number of rotatable bonds is 3. The maximum atomic E-state index is 12.1. The van der Waals surface area contributed by atoms with Gasteiger partial charge in [0.05, 0.1) is 18.1 Å². The summed E-state index contributed by atoms with van der Waals surface area (Å²) in [5, 5.41) is 28.7. The highest BCUT2D eigenvalue weighted by molar-refractivity contribution is 5.75. The highest BCUT2D eigenvalue weighted by Gasteiger charge is 2.72. The van der Waals surface area contributed by atoms with Crippen LogP contribution in [-0.2, 0) is 26.2 Å². The molecule has 3 N–H and O–H groups in total. The number of esters is 1. The van der Waals surface area contributed by atoms with Crippen molar-refractivity contribution in [3.63, 3.8) is 0 Å². The molecule has 9 nitrogen and oxygen atoms in total. The molecule has 2 aliphatic carbocycles. The van der Waals surface area contributed by atoms with E-state index in [1.54, 1.807) is 13.2 Å². The number of aliphatic hydroxyl groups is 2. The highest BCUT2D eigenvalue weighted by Crippen LogP contribution is 2.65. The Hall–Kier alpha value is -2.83. The van der Waals surface area contributed by atoms with Gasteiger partial charge in [-0.25, -0.2) is 9.59 Å². The van der Waals surface area contributed by atoms with Gasteiger partial charge in [0.25, 0.3) is 0 Å². The first-order valence-electron chi connectivity index (χ1n) is 11.0. The number of ether oxygens (including phenoxy) is 3. The molecule has 2 bridgehead atoms. The average molecular weight is 501 g/mol. The third kappa shape index (κ3) is 3.66. The minimum absolute atomic E-state index is 0.0514. The second kappa shape index (κ2) is 8.38. The van der Waals surface area contributed by atoms with Gasteiger partial charge in [-0.3, -0.25) is 0 Å². The number of hydrogen-bond acceptors (Lipinski definition) is 8. The Morgan fingerprint density at radius 1 is 1.31 bits per heavy atom. The van der Waals surface area contributed by atoms with Crippen LogP contribution < -0.4 is 9.47 Å². The molecule has 1 saturated heterocycles. The molecule has 1 unspecified atom stereocenters. The summed E-state index contributed by atoms with van der Waals surface area (Å²) in [5.74, 6) is -1.87. The number of carbonyl (C=O) groups excluding carboxylic acids is 1. The number of aliphatic carboxylic acids is 1. The van der Waals surface area contributed by atoms with Crippen LogP contribution in [0.25, 0.3) is 0 Å². The van der Waals surface area contributed by atoms with E-state index in [1.165, 1.54) is 6.92 Å². The number of carbonyl (C=O) groups is 2. The lowest BCUT2D eigenvalue weighted by Gasteiger charge is -2.61. The van der Waals surface area contributed by atoms with Crippen LogP contribution in [0.2, 0.25) is 0 Å². The molecule has 12 heteroatoms. The van der Waals surface area contributed by atoms with Crippen molar-refractivity contribution in [2.24, 2.45) is 0 Å². The number of likely N-dealkylation sites (tertiary alicyclic amines) is 1. The van der Waals surface area contributed by atoms with Crippen LogP contribution in [0.3, 0.4) is 0 Å². The predicted molar refractivity (Wildman–Crippen MR) is 113 cm³/mol. The zero-order chi connectivity index (χ0) is 25.9. The van der Waals surface area contributed by atoms with Crippen LogP contribution in [0.5, 0.6) is 11.5 Å². The van der Waals surface area contributed by atoms with E-state index >= 15 is 0 Å². The van der Waals surface area contributed by atoms with Gasteiger partial charge in [-0.2, -0.15) is 13.2 Å². The molecule has 5 rings (SSSR count). The molecule has 0 radical (unpaired) electrons. The van der Waals surface area contributed by atoms with Crippen molar-refractivity contribution in [3.05, 3.63) is 35.1 Å². The number of carboxylic acid groups (broad SMARTS) is 1. The summed E-state index contributed by atoms with van der Waals surface area (Å²) in [6.07, 6.45) is -3.43. The van der Waals surface area contributed by atoms with Gasteiger partial charge >= 0.3 is 18.1 Å². The number of piperidine rings is 1. The Balaban J connectivity index is 0.000000364. The summed E-state index contributed by atoms with van der Waals surface area (Å²) in [5.41, 5.74) is 0.394. The SMILES string of the molecule is COc1ccc2c3c1O[C@H]1C(OC(=O)[C@H](C)O)=CC[C@]4(O)C(C2)N(C)CC[C@]314.O=C(O)C(F)(F)F. The van der Waals surface area contributed by atoms with E-state index in [4.69, 9.17) is 24.1 Å². The molecule has 35 heavy (non-hydrogen) atoms. The monoisotopic (exact) mass is 501 g/mol. The number of likely N-dealkylation sites (N-methyl/N-ethyl adjacent to an activating group) is 1. The van der Waals surface area contributed by atoms with Crippen molar-refractivity contribution in [1.29, 1.82) is 0 Å². The summed E-state index contributed by atoms with van der Waals surface area (Å²) in [4.78, 5) is 23.2. The van der Waals surface area contributed by atoms with E-state index in [-0.39, 0.29) is 6.04 Å². The van der Waals surface area contributed by atoms with Gasteiger partial charge in [-0.1, -0.05) is 6.07 Å². The van der Waals surface area contributed by atoms with Crippen LogP contribution in [0.15, 0.2) is 24.0 Å². The average Bonchev–Trinajstić information content (AvgIpc) is 3.13. The van der Waals surface area contributed by atoms with Gasteiger partial charge in [0.1, 0.15) is 11.9 Å². The largest absolute Gasteiger partial charge is 0.493 e. The van der Waals surface area contributed by atoms with Crippen LogP contribution >= 0.6 is 0 Å². The van der Waals surface area contributed by atoms with Crippen molar-refractivity contribution in [2.75, 3.05) is 20.7 Å². The molecule has 5 atom stereocenters. The summed E-state index contributed by atoms with van der Waals surface area (Å²) < 4.78 is 49.2. The van der Waals surface area contributed by atoms with E-state index in [2.05, 4.69) is 11.0 Å². The van der Waals surface area contributed by atoms with Crippen molar-refractivity contribution >= 4 is 11.9 Å². The quantitative estimate of drug-likeness (QED) is 0.529. The van der Waals surface area contributed by atoms with E-state index in [9.17, 15) is 28.2 Å². The molecule has 1 aromatic rings. The lowest BCUT2D eigenvalue weighted by Crippen LogP contribution is -2.74. The van der Waals surface area contributed by atoms with Crippen molar-refractivity contribution in [3.8, 4) is 11.5 Å². The van der Waals surface area contributed by atoms with Crippen molar-refractivity contribution in [2.45, 2.75) is 61.6 Å². The Kier molecular flexibility index (Phi) is 6.05. The third-order valence-corrected chi connectivity index (χ3v) is 7.36. The minimum atomic E-state index is -5.08. The molecule has 1 spiro atoms. The lowest BCUT2D eigenvalue weighted by atomic mass is 9.50. The molecule has 192 valence electrons. The van der Waals surface area contributed by atoms with Gasteiger partial charge in [0.2, 0.25) is 0 Å². The van der Waals surface area contributed by atoms with E-state index in [0.29, 0.717) is 30.1 Å². The number of benzene rings is 1. The van der Waals surface area contributed by atoms with Gasteiger partial charge < -0.3 is 34.4 Å². The molecule has 2 heterocycles. The summed E-state index contributed by atoms with van der Waals surface area (Å²) in [6.45, 7) is 2.18. The zero-order valence-electron chi connectivity index (χ0n) is 19.3. The second-order valence-corrected chi connectivity index (χ2v) is 9.19. The lowest BCUT2D eigenvalue weighted by molar-refractivity contribution is -0.192. The molecule has 1 fully saturated rings. The van der Waals surface area contributed by atoms with Crippen LogP contribution in [-0.4, -0.2) is 82.9 Å². The number of aliphatic hydroxyl groups excluding tert-OH is 1. The topological polar surface area (TPSA) is 126 Å². The number of hydrogen-bond donors (Lipinski definition) is 3. The molecule has 1 aromatic carbocycles. The third-order valence-electron chi connectivity index (χ3n) is 7.36. The molecule has 0 saturated carbocycles. The van der Waals surface area contributed by atoms with Gasteiger partial charge in [-0.05, 0) is 51.1 Å². The van der Waals surface area contributed by atoms with Gasteiger partial charge in [-0.15, -0.1) is 0 Å². The fourth-order valence-electron chi connectivity index (χ4n) is 5.79. The number of carboxylic acids is 1. The molecule has 0 aromatic heterocycles. The van der Waals surface area contributed by atoms with E-state index in [1.807, 2.05) is 13.1 Å². The molecular weight excluding hydrogens is 475 g/mol. The molecule has 0 amide bonds. The molecule has 4 aliphatic rings. The Bertz CT molecular complexity index is 1090. The number of alkyl halides is 3. The second-order valence-electron chi connectivity index (χ2n) is 9.19. The van der Waals surface area contributed by atoms with Crippen molar-refractivity contribution < 1.29 is 52.3 Å². The highest BCUT2D eigenvalue weighted by atomic mass is 19.4. The Morgan fingerprint density at radius 3 is 2.54 bits per heavy atom. The Morgan fingerprint density at radius 2 is 1.97 bits per heavy atom. The standard InChI is InChI=1S/C21H25NO6.C2HF3O2/c1-11(23)19(24)27-14-6-7-21(25)15-10-12-4-5-13(26-3)17-16(12)20(21,18(14)28-17)8-9-22(15)2;3-2(4,5)1(6)7/h4-6,11,15,18,23,25H,7-10H2,1-3H3;(H,6,7)/t11-,15?,18-,20-,21-;/m0./s1. The first-order valence-corrected chi connectivity index (χ1v) is 11.0. The Labute approximate surface area is 198 Å². The zero-order valence-corrected chi connectivity index (χ0v) is 19.3. The van der Waals surface area contributed by atoms with Crippen LogP contribution in [0, 0.1) is 0 Å². The minimum Gasteiger partial charge on any atom is -0.493 e. The van der Waals surface area contributed by atoms with Crippen molar-refractivity contribution in [1.82, 2.24) is 4.90 Å². The van der Waals surface area contributed by atoms with E-state index < -0.39 is 41.3 Å². The van der Waals surface area contributed by atoms with Gasteiger partial charge in [0, 0.05) is 18.0 Å². The fourth-order valence-corrected chi connectivity index (χ4v) is 5.79. The predicted octanol–water partition coefficient (Wildman–Crippen LogP) is 1.53. The normalized spacial score (nSPS) is 31.1. The smallest absolute Gasteiger partial charge is 0.490 e. The van der Waals surface area contributed by atoms with Crippen LogP contribution in [0.1, 0.15) is 30.9 Å². The molecular formula is C23H26F3NO8. The first-order chi connectivity index (χ1) is 16.3. The fraction of sp³-hybridized carbons (Fsp3) is 0.565. The van der Waals surface area contributed by atoms with E-state index in [0.717, 1.165) is 24.1 Å². The number of nitrogens with zero attached hydrogens (tertiary/aromatic N) is 1. The van der Waals surface area contributed by atoms with Gasteiger partial charge in [0.15, 0.2) is 17.6 Å². The summed E-state index contributed by atoms with van der Waals surface area (Å²) in [7, 11) is 3.64. The van der Waals surface area contributed by atoms with Crippen LogP contribution in [0.4, 0.5) is 13.2 Å². The first kappa shape index (κ1) is 25.3.